The van der Waals surface area contributed by atoms with Gasteiger partial charge in [0.25, 0.3) is 0 Å². The van der Waals surface area contributed by atoms with Gasteiger partial charge in [-0.05, 0) is 33.1 Å². The molecule has 0 unspecified atom stereocenters. The lowest BCUT2D eigenvalue weighted by molar-refractivity contribution is -0.132. The van der Waals surface area contributed by atoms with Gasteiger partial charge < -0.3 is 5.32 Å². The summed E-state index contributed by atoms with van der Waals surface area (Å²) in [5, 5.41) is 3.06. The van der Waals surface area contributed by atoms with Crippen LogP contribution >= 0.6 is 0 Å². The fourth-order valence-corrected chi connectivity index (χ4v) is 1.83. The SMILES string of the molecule is CC(C)N1CC[C@H]1C(=O)NC1CC1. The minimum atomic E-state index is 0.167. The zero-order chi connectivity index (χ0) is 9.42. The third-order valence-corrected chi connectivity index (χ3v) is 2.95. The van der Waals surface area contributed by atoms with Crippen LogP contribution in [-0.2, 0) is 4.79 Å². The standard InChI is InChI=1S/C10H18N2O/c1-7(2)12-6-5-9(12)10(13)11-8-3-4-8/h7-9H,3-6H2,1-2H3,(H,11,13)/t9-/m0/s1. The molecule has 1 saturated heterocycles. The van der Waals surface area contributed by atoms with Gasteiger partial charge in [-0.2, -0.15) is 0 Å². The fourth-order valence-electron chi connectivity index (χ4n) is 1.83. The van der Waals surface area contributed by atoms with Crippen LogP contribution in [-0.4, -0.2) is 35.5 Å². The zero-order valence-electron chi connectivity index (χ0n) is 8.42. The highest BCUT2D eigenvalue weighted by Gasteiger charge is 2.37. The molecular weight excluding hydrogens is 164 g/mol. The van der Waals surface area contributed by atoms with Crippen molar-refractivity contribution < 1.29 is 4.79 Å². The Kier molecular flexibility index (Phi) is 2.28. The zero-order valence-corrected chi connectivity index (χ0v) is 8.42. The summed E-state index contributed by atoms with van der Waals surface area (Å²) in [4.78, 5) is 13.9. The lowest BCUT2D eigenvalue weighted by Crippen LogP contribution is -2.58. The fraction of sp³-hybridized carbons (Fsp3) is 0.900. The van der Waals surface area contributed by atoms with Crippen LogP contribution in [0.1, 0.15) is 33.1 Å². The summed E-state index contributed by atoms with van der Waals surface area (Å²) in [5.74, 6) is 0.252. The molecule has 1 aliphatic carbocycles. The maximum absolute atomic E-state index is 11.6. The van der Waals surface area contributed by atoms with Gasteiger partial charge in [-0.25, -0.2) is 0 Å². The van der Waals surface area contributed by atoms with Crippen molar-refractivity contribution in [3.05, 3.63) is 0 Å². The first-order valence-corrected chi connectivity index (χ1v) is 5.24. The molecule has 1 saturated carbocycles. The number of likely N-dealkylation sites (tertiary alicyclic amines) is 1. The summed E-state index contributed by atoms with van der Waals surface area (Å²) >= 11 is 0. The summed E-state index contributed by atoms with van der Waals surface area (Å²) in [6, 6.07) is 1.17. The second kappa shape index (κ2) is 3.29. The van der Waals surface area contributed by atoms with Crippen LogP contribution in [0.25, 0.3) is 0 Å². The smallest absolute Gasteiger partial charge is 0.237 e. The molecule has 1 N–H and O–H groups in total. The molecule has 0 radical (unpaired) electrons. The van der Waals surface area contributed by atoms with E-state index in [0.717, 1.165) is 13.0 Å². The van der Waals surface area contributed by atoms with E-state index in [9.17, 15) is 4.79 Å². The van der Waals surface area contributed by atoms with Crippen LogP contribution in [0.2, 0.25) is 0 Å². The number of carbonyl (C=O) groups is 1. The summed E-state index contributed by atoms with van der Waals surface area (Å²) in [6.07, 6.45) is 3.40. The number of nitrogens with zero attached hydrogens (tertiary/aromatic N) is 1. The molecule has 74 valence electrons. The maximum atomic E-state index is 11.6. The first-order chi connectivity index (χ1) is 6.18. The van der Waals surface area contributed by atoms with Crippen molar-refractivity contribution in [3.63, 3.8) is 0 Å². The lowest BCUT2D eigenvalue weighted by atomic mass is 10.00. The third kappa shape index (κ3) is 1.85. The van der Waals surface area contributed by atoms with Crippen LogP contribution in [0.15, 0.2) is 0 Å². The van der Waals surface area contributed by atoms with E-state index in [2.05, 4.69) is 24.1 Å². The van der Waals surface area contributed by atoms with Crippen molar-refractivity contribution >= 4 is 5.91 Å². The maximum Gasteiger partial charge on any atom is 0.237 e. The first kappa shape index (κ1) is 9.00. The van der Waals surface area contributed by atoms with E-state index < -0.39 is 0 Å². The number of rotatable bonds is 3. The van der Waals surface area contributed by atoms with E-state index in [0.29, 0.717) is 12.1 Å². The highest BCUT2D eigenvalue weighted by Crippen LogP contribution is 2.23. The van der Waals surface area contributed by atoms with Gasteiger partial charge in [-0.1, -0.05) is 0 Å². The largest absolute Gasteiger partial charge is 0.352 e. The average Bonchev–Trinajstić information content (AvgIpc) is 2.66. The second-order valence-electron chi connectivity index (χ2n) is 4.42. The van der Waals surface area contributed by atoms with E-state index in [1.165, 1.54) is 12.8 Å². The Balaban J connectivity index is 1.82. The van der Waals surface area contributed by atoms with Crippen LogP contribution in [0, 0.1) is 0 Å². The van der Waals surface area contributed by atoms with Crippen LogP contribution in [0.4, 0.5) is 0 Å². The molecule has 1 atom stereocenters. The minimum absolute atomic E-state index is 0.167. The molecule has 2 fully saturated rings. The van der Waals surface area contributed by atoms with Gasteiger partial charge in [0.05, 0.1) is 6.04 Å². The molecule has 2 rings (SSSR count). The van der Waals surface area contributed by atoms with E-state index >= 15 is 0 Å². The van der Waals surface area contributed by atoms with E-state index in [1.54, 1.807) is 0 Å². The number of carbonyl (C=O) groups excluding carboxylic acids is 1. The summed E-state index contributed by atoms with van der Waals surface area (Å²) in [6.45, 7) is 5.38. The number of hydrogen-bond donors (Lipinski definition) is 1. The monoisotopic (exact) mass is 182 g/mol. The van der Waals surface area contributed by atoms with Crippen molar-refractivity contribution in [1.82, 2.24) is 10.2 Å². The van der Waals surface area contributed by atoms with Crippen molar-refractivity contribution in [1.29, 1.82) is 0 Å². The molecule has 1 amide bonds. The molecule has 0 spiro atoms. The topological polar surface area (TPSA) is 32.3 Å². The van der Waals surface area contributed by atoms with Crippen molar-refractivity contribution in [3.8, 4) is 0 Å². The lowest BCUT2D eigenvalue weighted by Gasteiger charge is -2.42. The van der Waals surface area contributed by atoms with E-state index in [1.807, 2.05) is 0 Å². The minimum Gasteiger partial charge on any atom is -0.352 e. The molecular formula is C10H18N2O. The summed E-state index contributed by atoms with van der Waals surface area (Å²) < 4.78 is 0. The second-order valence-corrected chi connectivity index (χ2v) is 4.42. The van der Waals surface area contributed by atoms with Gasteiger partial charge in [0, 0.05) is 18.6 Å². The first-order valence-electron chi connectivity index (χ1n) is 5.24. The Morgan fingerprint density at radius 2 is 2.08 bits per heavy atom. The Bertz CT molecular complexity index is 211. The highest BCUT2D eigenvalue weighted by molar-refractivity contribution is 5.83. The molecule has 3 nitrogen and oxygen atoms in total. The molecule has 0 bridgehead atoms. The van der Waals surface area contributed by atoms with Gasteiger partial charge >= 0.3 is 0 Å². The predicted molar refractivity (Wildman–Crippen MR) is 51.4 cm³/mol. The number of amides is 1. The van der Waals surface area contributed by atoms with Crippen molar-refractivity contribution in [2.24, 2.45) is 0 Å². The Hall–Kier alpha value is -0.570. The van der Waals surface area contributed by atoms with Crippen LogP contribution in [0.3, 0.4) is 0 Å². The highest BCUT2D eigenvalue weighted by atomic mass is 16.2. The predicted octanol–water partition coefficient (Wildman–Crippen LogP) is 0.748. The van der Waals surface area contributed by atoms with Crippen molar-refractivity contribution in [2.45, 2.75) is 51.2 Å². The van der Waals surface area contributed by atoms with Gasteiger partial charge in [-0.3, -0.25) is 9.69 Å². The molecule has 0 aromatic heterocycles. The normalized spacial score (nSPS) is 28.7. The van der Waals surface area contributed by atoms with Crippen molar-refractivity contribution in [2.75, 3.05) is 6.54 Å². The van der Waals surface area contributed by atoms with Gasteiger partial charge in [0.15, 0.2) is 0 Å². The molecule has 13 heavy (non-hydrogen) atoms. The van der Waals surface area contributed by atoms with Crippen LogP contribution in [0.5, 0.6) is 0 Å². The Morgan fingerprint density at radius 3 is 2.46 bits per heavy atom. The third-order valence-electron chi connectivity index (χ3n) is 2.95. The Labute approximate surface area is 79.5 Å². The van der Waals surface area contributed by atoms with E-state index in [-0.39, 0.29) is 11.9 Å². The number of hydrogen-bond acceptors (Lipinski definition) is 2. The Morgan fingerprint density at radius 1 is 1.38 bits per heavy atom. The summed E-state index contributed by atoms with van der Waals surface area (Å²) in [5.41, 5.74) is 0. The molecule has 2 aliphatic rings. The van der Waals surface area contributed by atoms with Crippen LogP contribution < -0.4 is 5.32 Å². The average molecular weight is 182 g/mol. The van der Waals surface area contributed by atoms with E-state index in [4.69, 9.17) is 0 Å². The summed E-state index contributed by atoms with van der Waals surface area (Å²) in [7, 11) is 0. The van der Waals surface area contributed by atoms with Gasteiger partial charge in [0.1, 0.15) is 0 Å². The molecule has 0 aromatic rings. The quantitative estimate of drug-likeness (QED) is 0.698. The number of nitrogens with one attached hydrogen (secondary N) is 1. The van der Waals surface area contributed by atoms with Gasteiger partial charge in [0.2, 0.25) is 5.91 Å². The van der Waals surface area contributed by atoms with Gasteiger partial charge in [-0.15, -0.1) is 0 Å². The molecule has 1 heterocycles. The molecule has 1 aliphatic heterocycles. The molecule has 3 heteroatoms. The molecule has 0 aromatic carbocycles.